The first-order valence-electron chi connectivity index (χ1n) is 3.97. The van der Waals surface area contributed by atoms with Gasteiger partial charge in [0.05, 0.1) is 0 Å². The summed E-state index contributed by atoms with van der Waals surface area (Å²) in [6.45, 7) is 4.10. The van der Waals surface area contributed by atoms with Gasteiger partial charge in [-0.05, 0) is 18.9 Å². The molecule has 0 unspecified atom stereocenters. The Balaban J connectivity index is 3.02. The number of rotatable bonds is 2. The summed E-state index contributed by atoms with van der Waals surface area (Å²) in [7, 11) is 0. The van der Waals surface area contributed by atoms with Crippen LogP contribution in [0.25, 0.3) is 0 Å². The van der Waals surface area contributed by atoms with E-state index < -0.39 is 0 Å². The molecule has 0 aromatic carbocycles. The lowest BCUT2D eigenvalue weighted by molar-refractivity contribution is -0.606. The second kappa shape index (κ2) is 3.37. The maximum atomic E-state index is 10.9. The van der Waals surface area contributed by atoms with Gasteiger partial charge in [0.25, 0.3) is 0 Å². The predicted octanol–water partition coefficient (Wildman–Crippen LogP) is 1.44. The highest BCUT2D eigenvalue weighted by Crippen LogP contribution is 2.02. The molecule has 0 spiro atoms. The molecule has 0 aliphatic heterocycles. The minimum absolute atomic E-state index is 0.887. The van der Waals surface area contributed by atoms with E-state index in [-0.39, 0.29) is 0 Å². The van der Waals surface area contributed by atoms with Crippen molar-refractivity contribution in [1.29, 1.82) is 0 Å². The monoisotopic (exact) mass is 151 g/mol. The third kappa shape index (κ3) is 1.93. The smallest absolute Gasteiger partial charge is 0.183 e. The van der Waals surface area contributed by atoms with Crippen LogP contribution in [0.3, 0.4) is 0 Å². The zero-order valence-electron chi connectivity index (χ0n) is 7.00. The van der Waals surface area contributed by atoms with Gasteiger partial charge in [-0.1, -0.05) is 13.8 Å². The molecule has 0 amide bonds. The van der Waals surface area contributed by atoms with E-state index in [0.29, 0.717) is 0 Å². The second-order valence-corrected chi connectivity index (χ2v) is 2.62. The zero-order chi connectivity index (χ0) is 8.27. The summed E-state index contributed by atoms with van der Waals surface area (Å²) in [5.74, 6) is 0. The lowest BCUT2D eigenvalue weighted by Crippen LogP contribution is -2.26. The maximum Gasteiger partial charge on any atom is 0.183 e. The van der Waals surface area contributed by atoms with Gasteiger partial charge in [0.2, 0.25) is 0 Å². The molecule has 0 atom stereocenters. The second-order valence-electron chi connectivity index (χ2n) is 2.62. The minimum atomic E-state index is 0.887. The summed E-state index contributed by atoms with van der Waals surface area (Å²) in [5, 5.41) is 10.9. The average Bonchev–Trinajstić information content (AvgIpc) is 2.03. The van der Waals surface area contributed by atoms with Crippen LogP contribution in [0, 0.1) is 5.21 Å². The first-order chi connectivity index (χ1) is 5.26. The summed E-state index contributed by atoms with van der Waals surface area (Å²) in [4.78, 5) is 0. The van der Waals surface area contributed by atoms with Crippen molar-refractivity contribution in [1.82, 2.24) is 0 Å². The van der Waals surface area contributed by atoms with Gasteiger partial charge in [0.15, 0.2) is 12.4 Å². The molecule has 60 valence electrons. The first kappa shape index (κ1) is 8.05. The van der Waals surface area contributed by atoms with E-state index in [2.05, 4.69) is 19.9 Å². The van der Waals surface area contributed by atoms with Crippen molar-refractivity contribution in [3.8, 4) is 0 Å². The van der Waals surface area contributed by atoms with E-state index in [9.17, 15) is 5.21 Å². The molecule has 0 fully saturated rings. The first-order valence-corrected chi connectivity index (χ1v) is 3.97. The summed E-state index contributed by atoms with van der Waals surface area (Å²) >= 11 is 0. The number of pyridine rings is 1. The van der Waals surface area contributed by atoms with Crippen molar-refractivity contribution >= 4 is 0 Å². The Bertz CT molecular complexity index is 223. The van der Waals surface area contributed by atoms with Crippen molar-refractivity contribution in [2.24, 2.45) is 0 Å². The normalized spacial score (nSPS) is 10.0. The van der Waals surface area contributed by atoms with Gasteiger partial charge in [-0.15, -0.1) is 0 Å². The fourth-order valence-corrected chi connectivity index (χ4v) is 1.06. The summed E-state index contributed by atoms with van der Waals surface area (Å²) < 4.78 is 0.887. The molecule has 0 saturated carbocycles. The summed E-state index contributed by atoms with van der Waals surface area (Å²) in [5.41, 5.74) is 2.22. The molecule has 1 heterocycles. The number of hydrogen-bond donors (Lipinski definition) is 0. The molecule has 2 nitrogen and oxygen atoms in total. The van der Waals surface area contributed by atoms with Crippen molar-refractivity contribution in [2.75, 3.05) is 0 Å². The van der Waals surface area contributed by atoms with Gasteiger partial charge in [-0.25, -0.2) is 0 Å². The van der Waals surface area contributed by atoms with E-state index in [0.717, 1.165) is 28.7 Å². The van der Waals surface area contributed by atoms with Crippen LogP contribution >= 0.6 is 0 Å². The molecule has 2 heteroatoms. The topological polar surface area (TPSA) is 26.9 Å². The van der Waals surface area contributed by atoms with E-state index in [1.54, 1.807) is 12.4 Å². The van der Waals surface area contributed by atoms with Gasteiger partial charge in [-0.2, -0.15) is 4.73 Å². The summed E-state index contributed by atoms with van der Waals surface area (Å²) in [6, 6.07) is 2.08. The van der Waals surface area contributed by atoms with Crippen molar-refractivity contribution < 1.29 is 4.73 Å². The molecule has 0 aliphatic rings. The molecule has 1 aromatic rings. The van der Waals surface area contributed by atoms with Crippen LogP contribution in [0.15, 0.2) is 18.5 Å². The molecule has 0 saturated heterocycles. The van der Waals surface area contributed by atoms with Crippen LogP contribution in [0.4, 0.5) is 0 Å². The van der Waals surface area contributed by atoms with Crippen LogP contribution in [0.2, 0.25) is 0 Å². The van der Waals surface area contributed by atoms with E-state index in [1.165, 1.54) is 0 Å². The molecule has 11 heavy (non-hydrogen) atoms. The van der Waals surface area contributed by atoms with Crippen molar-refractivity contribution in [3.05, 3.63) is 34.8 Å². The van der Waals surface area contributed by atoms with Gasteiger partial charge in [0, 0.05) is 11.1 Å². The Morgan fingerprint density at radius 1 is 1.18 bits per heavy atom. The largest absolute Gasteiger partial charge is 0.619 e. The van der Waals surface area contributed by atoms with Crippen LogP contribution in [0.1, 0.15) is 25.0 Å². The van der Waals surface area contributed by atoms with E-state index in [4.69, 9.17) is 0 Å². The van der Waals surface area contributed by atoms with Crippen LogP contribution in [0.5, 0.6) is 0 Å². The molecular formula is C9H13NO. The third-order valence-corrected chi connectivity index (χ3v) is 1.77. The van der Waals surface area contributed by atoms with Gasteiger partial charge in [0.1, 0.15) is 0 Å². The molecule has 1 rings (SSSR count). The zero-order valence-corrected chi connectivity index (χ0v) is 7.00. The number of nitrogens with zero attached hydrogens (tertiary/aromatic N) is 1. The molecule has 0 N–H and O–H groups in total. The Morgan fingerprint density at radius 2 is 1.64 bits per heavy atom. The highest BCUT2D eigenvalue weighted by atomic mass is 16.5. The van der Waals surface area contributed by atoms with Crippen LogP contribution < -0.4 is 4.73 Å². The third-order valence-electron chi connectivity index (χ3n) is 1.77. The number of hydrogen-bond acceptors (Lipinski definition) is 1. The van der Waals surface area contributed by atoms with Gasteiger partial charge in [-0.3, -0.25) is 0 Å². The maximum absolute atomic E-state index is 10.9. The minimum Gasteiger partial charge on any atom is -0.619 e. The lowest BCUT2D eigenvalue weighted by atomic mass is 10.1. The quantitative estimate of drug-likeness (QED) is 0.464. The Labute approximate surface area is 67.1 Å². The molecule has 0 bridgehead atoms. The van der Waals surface area contributed by atoms with Crippen molar-refractivity contribution in [3.63, 3.8) is 0 Å². The molecule has 0 aliphatic carbocycles. The van der Waals surface area contributed by atoms with E-state index >= 15 is 0 Å². The lowest BCUT2D eigenvalue weighted by Gasteiger charge is -2.01. The summed E-state index contributed by atoms with van der Waals surface area (Å²) in [6.07, 6.45) is 5.10. The predicted molar refractivity (Wildman–Crippen MR) is 44.2 cm³/mol. The fourth-order valence-electron chi connectivity index (χ4n) is 1.06. The standard InChI is InChI=1S/C9H13NO/c1-3-8-5-9(4-2)7-10(11)6-8/h5-7H,3-4H2,1-2H3. The molecule has 1 aromatic heterocycles. The highest BCUT2D eigenvalue weighted by Gasteiger charge is 1.98. The molecular weight excluding hydrogens is 138 g/mol. The Kier molecular flexibility index (Phi) is 2.47. The SMILES string of the molecule is CCc1cc(CC)c[n+]([O-])c1. The van der Waals surface area contributed by atoms with E-state index in [1.807, 2.05) is 0 Å². The van der Waals surface area contributed by atoms with Crippen LogP contribution in [-0.2, 0) is 12.8 Å². The van der Waals surface area contributed by atoms with Crippen molar-refractivity contribution in [2.45, 2.75) is 26.7 Å². The Hall–Kier alpha value is -1.05. The van der Waals surface area contributed by atoms with Gasteiger partial charge >= 0.3 is 0 Å². The van der Waals surface area contributed by atoms with Crippen LogP contribution in [-0.4, -0.2) is 0 Å². The Morgan fingerprint density at radius 3 is 2.00 bits per heavy atom. The number of aromatic nitrogens is 1. The highest BCUT2D eigenvalue weighted by molar-refractivity contribution is 5.14. The molecule has 0 radical (unpaired) electrons. The number of aryl methyl sites for hydroxylation is 2. The average molecular weight is 151 g/mol. The fraction of sp³-hybridized carbons (Fsp3) is 0.444. The van der Waals surface area contributed by atoms with Gasteiger partial charge < -0.3 is 5.21 Å².